The molecule has 0 saturated heterocycles. The van der Waals surface area contributed by atoms with E-state index in [-0.39, 0.29) is 0 Å². The lowest BCUT2D eigenvalue weighted by Crippen LogP contribution is -2.46. The fourth-order valence-electron chi connectivity index (χ4n) is 6.70. The van der Waals surface area contributed by atoms with Crippen LogP contribution in [0.15, 0.2) is 5.11 Å². The molecule has 2 fully saturated rings. The van der Waals surface area contributed by atoms with E-state index in [1.165, 1.54) is 38.5 Å². The number of azide groups is 1. The van der Waals surface area contributed by atoms with Gasteiger partial charge in [-0.15, -0.1) is 0 Å². The third kappa shape index (κ3) is 3.40. The zero-order valence-electron chi connectivity index (χ0n) is 16.2. The first-order valence-electron chi connectivity index (χ1n) is 9.78. The van der Waals surface area contributed by atoms with Gasteiger partial charge in [0.05, 0.1) is 0 Å². The second-order valence-electron chi connectivity index (χ2n) is 9.43. The van der Waals surface area contributed by atoms with Crippen molar-refractivity contribution in [1.29, 1.82) is 0 Å². The van der Waals surface area contributed by atoms with Gasteiger partial charge in [0.15, 0.2) is 0 Å². The van der Waals surface area contributed by atoms with Crippen molar-refractivity contribution in [2.45, 2.75) is 80.1 Å². The van der Waals surface area contributed by atoms with E-state index in [0.29, 0.717) is 23.3 Å². The van der Waals surface area contributed by atoms with Crippen molar-refractivity contribution in [3.63, 3.8) is 0 Å². The number of fused-ring (bicyclic) bond motifs is 1. The van der Waals surface area contributed by atoms with Gasteiger partial charge in [0.1, 0.15) is 0 Å². The Morgan fingerprint density at radius 1 is 1.30 bits per heavy atom. The van der Waals surface area contributed by atoms with Crippen LogP contribution in [0.3, 0.4) is 0 Å². The van der Waals surface area contributed by atoms with E-state index in [9.17, 15) is 0 Å². The molecule has 0 heterocycles. The fraction of sp³-hybridized carbons (Fsp3) is 1.00. The molecule has 4 unspecified atom stereocenters. The van der Waals surface area contributed by atoms with Gasteiger partial charge < -0.3 is 0 Å². The Morgan fingerprint density at radius 3 is 2.61 bits per heavy atom. The highest BCUT2D eigenvalue weighted by atomic mass is 15.1. The first kappa shape index (κ1) is 18.6. The molecule has 3 heteroatoms. The van der Waals surface area contributed by atoms with Gasteiger partial charge in [0.25, 0.3) is 0 Å². The Bertz CT molecular complexity index is 452. The van der Waals surface area contributed by atoms with Crippen LogP contribution < -0.4 is 0 Å². The molecule has 0 amide bonds. The smallest absolute Gasteiger partial charge is 0.0286 e. The summed E-state index contributed by atoms with van der Waals surface area (Å²) in [6.45, 7) is 15.4. The molecule has 0 aromatic rings. The third-order valence-electron chi connectivity index (χ3n) is 7.76. The lowest BCUT2D eigenvalue weighted by molar-refractivity contribution is -0.0370. The summed E-state index contributed by atoms with van der Waals surface area (Å²) in [7, 11) is 0. The molecule has 2 aliphatic carbocycles. The zero-order valence-corrected chi connectivity index (χ0v) is 16.2. The first-order chi connectivity index (χ1) is 10.8. The maximum atomic E-state index is 8.63. The van der Waals surface area contributed by atoms with Crippen LogP contribution in [-0.4, -0.2) is 6.54 Å². The average Bonchev–Trinajstić information content (AvgIpc) is 2.83. The van der Waals surface area contributed by atoms with E-state index in [2.05, 4.69) is 51.6 Å². The van der Waals surface area contributed by atoms with E-state index in [1.807, 2.05) is 0 Å². The van der Waals surface area contributed by atoms with Crippen LogP contribution in [0.2, 0.25) is 0 Å². The van der Waals surface area contributed by atoms with E-state index in [0.717, 1.165) is 23.7 Å². The maximum absolute atomic E-state index is 8.63. The van der Waals surface area contributed by atoms with Crippen LogP contribution in [0.25, 0.3) is 10.4 Å². The lowest BCUT2D eigenvalue weighted by atomic mass is 9.52. The highest BCUT2D eigenvalue weighted by Gasteiger charge is 2.55. The monoisotopic (exact) mass is 319 g/mol. The second kappa shape index (κ2) is 7.05. The van der Waals surface area contributed by atoms with Crippen molar-refractivity contribution in [3.05, 3.63) is 10.4 Å². The lowest BCUT2D eigenvalue weighted by Gasteiger charge is -2.53. The molecule has 0 aromatic carbocycles. The zero-order chi connectivity index (χ0) is 17.3. The molecule has 132 valence electrons. The summed E-state index contributed by atoms with van der Waals surface area (Å²) >= 11 is 0. The summed E-state index contributed by atoms with van der Waals surface area (Å²) in [5.74, 6) is 3.80. The molecule has 23 heavy (non-hydrogen) atoms. The van der Waals surface area contributed by atoms with Gasteiger partial charge in [-0.1, -0.05) is 53.1 Å². The Balaban J connectivity index is 2.15. The van der Waals surface area contributed by atoms with Crippen molar-refractivity contribution >= 4 is 0 Å². The van der Waals surface area contributed by atoms with Crippen molar-refractivity contribution in [1.82, 2.24) is 0 Å². The number of hydrogen-bond donors (Lipinski definition) is 0. The van der Waals surface area contributed by atoms with Crippen LogP contribution >= 0.6 is 0 Å². The summed E-state index contributed by atoms with van der Waals surface area (Å²) in [4.78, 5) is 2.98. The SMILES string of the molecule is CCCC(C)(C)C1CC[C@@]2(C)C(CCC2[C@H](C)CN=[N+]=[N-])C1C. The van der Waals surface area contributed by atoms with Crippen LogP contribution in [0.5, 0.6) is 0 Å². The van der Waals surface area contributed by atoms with Crippen molar-refractivity contribution in [2.24, 2.45) is 45.5 Å². The summed E-state index contributed by atoms with van der Waals surface area (Å²) in [5, 5.41) is 3.86. The minimum absolute atomic E-state index is 0.461. The molecule has 3 nitrogen and oxygen atoms in total. The Morgan fingerprint density at radius 2 is 2.00 bits per heavy atom. The van der Waals surface area contributed by atoms with E-state index >= 15 is 0 Å². The molecule has 2 saturated carbocycles. The van der Waals surface area contributed by atoms with Crippen molar-refractivity contribution in [2.75, 3.05) is 6.54 Å². The predicted molar refractivity (Wildman–Crippen MR) is 98.1 cm³/mol. The Kier molecular flexibility index (Phi) is 5.72. The van der Waals surface area contributed by atoms with Gasteiger partial charge in [-0.2, -0.15) is 0 Å². The predicted octanol–water partition coefficient (Wildman–Crippen LogP) is 6.84. The molecule has 0 radical (unpaired) electrons. The molecular weight excluding hydrogens is 282 g/mol. The highest BCUT2D eigenvalue weighted by molar-refractivity contribution is 5.04. The molecule has 6 atom stereocenters. The largest absolute Gasteiger partial charge is 0.0937 e. The normalized spacial score (nSPS) is 38.7. The average molecular weight is 320 g/mol. The Hall–Kier alpha value is -0.690. The number of rotatable bonds is 6. The number of hydrogen-bond acceptors (Lipinski definition) is 1. The minimum Gasteiger partial charge on any atom is -0.0937 e. The van der Waals surface area contributed by atoms with Crippen LogP contribution in [0.4, 0.5) is 0 Å². The van der Waals surface area contributed by atoms with Crippen LogP contribution in [0, 0.1) is 40.4 Å². The summed E-state index contributed by atoms with van der Waals surface area (Å²) < 4.78 is 0. The van der Waals surface area contributed by atoms with E-state index < -0.39 is 0 Å². The summed E-state index contributed by atoms with van der Waals surface area (Å²) in [6, 6.07) is 0. The summed E-state index contributed by atoms with van der Waals surface area (Å²) in [5.41, 5.74) is 9.57. The molecule has 0 aliphatic heterocycles. The summed E-state index contributed by atoms with van der Waals surface area (Å²) in [6.07, 6.45) is 8.10. The molecule has 0 aromatic heterocycles. The molecule has 2 aliphatic rings. The number of nitrogens with zero attached hydrogens (tertiary/aromatic N) is 3. The van der Waals surface area contributed by atoms with Gasteiger partial charge in [0, 0.05) is 11.5 Å². The fourth-order valence-corrected chi connectivity index (χ4v) is 6.70. The van der Waals surface area contributed by atoms with E-state index in [4.69, 9.17) is 5.53 Å². The van der Waals surface area contributed by atoms with Gasteiger partial charge in [-0.05, 0) is 78.1 Å². The standard InChI is InChI=1S/C20H37N3/c1-7-11-19(4,5)17-10-12-20(6)16(14(2)13-22-23-21)8-9-18(20)15(17)3/h14-18H,7-13H2,1-6H3/t14-,15?,16?,17?,18?,20-/m1/s1. The Labute approximate surface area is 143 Å². The molecular formula is C20H37N3. The van der Waals surface area contributed by atoms with Crippen LogP contribution in [-0.2, 0) is 0 Å². The third-order valence-corrected chi connectivity index (χ3v) is 7.76. The second-order valence-corrected chi connectivity index (χ2v) is 9.43. The molecule has 0 spiro atoms. The molecule has 0 N–H and O–H groups in total. The van der Waals surface area contributed by atoms with Crippen LogP contribution in [0.1, 0.15) is 80.1 Å². The molecule has 0 bridgehead atoms. The molecule has 2 rings (SSSR count). The van der Waals surface area contributed by atoms with Gasteiger partial charge in [-0.25, -0.2) is 0 Å². The van der Waals surface area contributed by atoms with Crippen molar-refractivity contribution < 1.29 is 0 Å². The van der Waals surface area contributed by atoms with E-state index in [1.54, 1.807) is 0 Å². The maximum Gasteiger partial charge on any atom is 0.0286 e. The van der Waals surface area contributed by atoms with Gasteiger partial charge >= 0.3 is 0 Å². The first-order valence-corrected chi connectivity index (χ1v) is 9.78. The van der Waals surface area contributed by atoms with Gasteiger partial charge in [0.2, 0.25) is 0 Å². The van der Waals surface area contributed by atoms with Crippen molar-refractivity contribution in [3.8, 4) is 0 Å². The quantitative estimate of drug-likeness (QED) is 0.292. The van der Waals surface area contributed by atoms with Gasteiger partial charge in [-0.3, -0.25) is 0 Å². The topological polar surface area (TPSA) is 48.8 Å². The minimum atomic E-state index is 0.461. The highest BCUT2D eigenvalue weighted by Crippen LogP contribution is 2.63.